The molecule has 1 aromatic carbocycles. The topological polar surface area (TPSA) is 46.6 Å². The second-order valence-corrected chi connectivity index (χ2v) is 7.65. The fourth-order valence-electron chi connectivity index (χ4n) is 4.17. The first-order valence-corrected chi connectivity index (χ1v) is 9.24. The maximum absolute atomic E-state index is 13.2. The number of carbonyl (C=O) groups is 2. The molecule has 0 saturated heterocycles. The van der Waals surface area contributed by atoms with E-state index in [1.54, 1.807) is 6.07 Å². The van der Waals surface area contributed by atoms with Crippen LogP contribution in [0.3, 0.4) is 0 Å². The molecule has 1 aromatic rings. The SMILES string of the molecule is CC1CCC(N(C(=O)C2Cc3ccccc3C(=O)O2)C2CC2)CC1. The summed E-state index contributed by atoms with van der Waals surface area (Å²) < 4.78 is 5.52. The molecular formula is C20H25NO3. The highest BCUT2D eigenvalue weighted by atomic mass is 16.5. The summed E-state index contributed by atoms with van der Waals surface area (Å²) in [6, 6.07) is 8.16. The third-order valence-electron chi connectivity index (χ3n) is 5.74. The van der Waals surface area contributed by atoms with Crippen LogP contribution in [-0.4, -0.2) is 35.0 Å². The second kappa shape index (κ2) is 6.23. The molecule has 1 aliphatic heterocycles. The van der Waals surface area contributed by atoms with Crippen molar-refractivity contribution in [2.75, 3.05) is 0 Å². The van der Waals surface area contributed by atoms with Gasteiger partial charge in [-0.1, -0.05) is 25.1 Å². The number of hydrogen-bond donors (Lipinski definition) is 0. The summed E-state index contributed by atoms with van der Waals surface area (Å²) in [5.41, 5.74) is 1.53. The summed E-state index contributed by atoms with van der Waals surface area (Å²) in [7, 11) is 0. The Morgan fingerprint density at radius 2 is 1.67 bits per heavy atom. The van der Waals surface area contributed by atoms with Crippen LogP contribution < -0.4 is 0 Å². The number of fused-ring (bicyclic) bond motifs is 1. The predicted molar refractivity (Wildman–Crippen MR) is 90.6 cm³/mol. The Balaban J connectivity index is 1.52. The minimum atomic E-state index is -0.646. The fraction of sp³-hybridized carbons (Fsp3) is 0.600. The van der Waals surface area contributed by atoms with Crippen LogP contribution in [0.1, 0.15) is 61.4 Å². The molecule has 1 unspecified atom stereocenters. The molecule has 1 heterocycles. The van der Waals surface area contributed by atoms with Crippen molar-refractivity contribution in [2.24, 2.45) is 5.92 Å². The summed E-state index contributed by atoms with van der Waals surface area (Å²) in [4.78, 5) is 27.5. The van der Waals surface area contributed by atoms with Crippen LogP contribution >= 0.6 is 0 Å². The molecule has 0 bridgehead atoms. The minimum Gasteiger partial charge on any atom is -0.448 e. The van der Waals surface area contributed by atoms with Gasteiger partial charge in [0.15, 0.2) is 6.10 Å². The van der Waals surface area contributed by atoms with E-state index in [2.05, 4.69) is 11.8 Å². The molecule has 4 rings (SSSR count). The molecule has 0 N–H and O–H groups in total. The third kappa shape index (κ3) is 2.94. The van der Waals surface area contributed by atoms with Crippen molar-refractivity contribution in [3.63, 3.8) is 0 Å². The Morgan fingerprint density at radius 3 is 2.33 bits per heavy atom. The number of carbonyl (C=O) groups excluding carboxylic acids is 2. The number of rotatable bonds is 3. The van der Waals surface area contributed by atoms with E-state index in [1.165, 1.54) is 12.8 Å². The van der Waals surface area contributed by atoms with E-state index < -0.39 is 6.10 Å². The quantitative estimate of drug-likeness (QED) is 0.800. The number of esters is 1. The van der Waals surface area contributed by atoms with Crippen molar-refractivity contribution in [1.82, 2.24) is 4.90 Å². The normalized spacial score (nSPS) is 29.5. The molecular weight excluding hydrogens is 302 g/mol. The van der Waals surface area contributed by atoms with Crippen molar-refractivity contribution in [2.45, 2.75) is 70.1 Å². The zero-order chi connectivity index (χ0) is 16.7. The summed E-state index contributed by atoms with van der Waals surface area (Å²) in [6.07, 6.45) is 6.59. The zero-order valence-electron chi connectivity index (χ0n) is 14.2. The van der Waals surface area contributed by atoms with Crippen LogP contribution in [-0.2, 0) is 16.0 Å². The molecule has 3 aliphatic rings. The second-order valence-electron chi connectivity index (χ2n) is 7.65. The Bertz CT molecular complexity index is 644. The Kier molecular flexibility index (Phi) is 4.07. The van der Waals surface area contributed by atoms with Crippen LogP contribution in [0.25, 0.3) is 0 Å². The number of ether oxygens (including phenoxy) is 1. The highest BCUT2D eigenvalue weighted by molar-refractivity contribution is 5.96. The molecule has 0 radical (unpaired) electrons. The Morgan fingerprint density at radius 1 is 1.04 bits per heavy atom. The van der Waals surface area contributed by atoms with Gasteiger partial charge in [0.05, 0.1) is 5.56 Å². The molecule has 24 heavy (non-hydrogen) atoms. The van der Waals surface area contributed by atoms with Gasteiger partial charge in [-0.05, 0) is 56.1 Å². The number of cyclic esters (lactones) is 1. The average molecular weight is 327 g/mol. The lowest BCUT2D eigenvalue weighted by Crippen LogP contribution is -2.50. The highest BCUT2D eigenvalue weighted by Gasteiger charge is 2.43. The lowest BCUT2D eigenvalue weighted by atomic mass is 9.86. The standard InChI is InChI=1S/C20H25NO3/c1-13-6-8-15(9-7-13)21(16-10-11-16)19(22)18-12-14-4-2-3-5-17(14)20(23)24-18/h2-5,13,15-16,18H,6-12H2,1H3. The van der Waals surface area contributed by atoms with E-state index in [-0.39, 0.29) is 11.9 Å². The molecule has 1 atom stereocenters. The highest BCUT2D eigenvalue weighted by Crippen LogP contribution is 2.36. The first-order valence-electron chi connectivity index (χ1n) is 9.24. The first-order chi connectivity index (χ1) is 11.6. The molecule has 2 saturated carbocycles. The molecule has 0 aromatic heterocycles. The summed E-state index contributed by atoms with van der Waals surface area (Å²) in [5.74, 6) is 0.430. The van der Waals surface area contributed by atoms with Crippen molar-refractivity contribution in [3.8, 4) is 0 Å². The smallest absolute Gasteiger partial charge is 0.339 e. The van der Waals surface area contributed by atoms with Crippen molar-refractivity contribution in [3.05, 3.63) is 35.4 Å². The van der Waals surface area contributed by atoms with Gasteiger partial charge in [-0.25, -0.2) is 4.79 Å². The van der Waals surface area contributed by atoms with E-state index in [0.29, 0.717) is 24.1 Å². The number of hydrogen-bond acceptors (Lipinski definition) is 3. The van der Waals surface area contributed by atoms with Crippen LogP contribution in [0.15, 0.2) is 24.3 Å². The third-order valence-corrected chi connectivity index (χ3v) is 5.74. The van der Waals surface area contributed by atoms with Gasteiger partial charge in [0.1, 0.15) is 0 Å². The van der Waals surface area contributed by atoms with Gasteiger partial charge in [0, 0.05) is 18.5 Å². The summed E-state index contributed by atoms with van der Waals surface area (Å²) in [6.45, 7) is 2.29. The van der Waals surface area contributed by atoms with E-state index >= 15 is 0 Å². The Hall–Kier alpha value is -1.84. The molecule has 128 valence electrons. The average Bonchev–Trinajstić information content (AvgIpc) is 3.41. The van der Waals surface area contributed by atoms with Gasteiger partial charge in [-0.15, -0.1) is 0 Å². The van der Waals surface area contributed by atoms with Gasteiger partial charge < -0.3 is 9.64 Å². The van der Waals surface area contributed by atoms with Crippen LogP contribution in [0.5, 0.6) is 0 Å². The summed E-state index contributed by atoms with van der Waals surface area (Å²) >= 11 is 0. The molecule has 1 amide bonds. The van der Waals surface area contributed by atoms with Gasteiger partial charge in [0.2, 0.25) is 0 Å². The predicted octanol–water partition coefficient (Wildman–Crippen LogP) is 3.34. The lowest BCUT2D eigenvalue weighted by Gasteiger charge is -2.38. The van der Waals surface area contributed by atoms with Crippen LogP contribution in [0, 0.1) is 5.92 Å². The van der Waals surface area contributed by atoms with E-state index in [4.69, 9.17) is 4.74 Å². The van der Waals surface area contributed by atoms with Gasteiger partial charge in [-0.3, -0.25) is 4.79 Å². The van der Waals surface area contributed by atoms with Crippen molar-refractivity contribution in [1.29, 1.82) is 0 Å². The first kappa shape index (κ1) is 15.7. The van der Waals surface area contributed by atoms with Gasteiger partial charge in [0.25, 0.3) is 5.91 Å². The maximum Gasteiger partial charge on any atom is 0.339 e. The van der Waals surface area contributed by atoms with E-state index in [1.807, 2.05) is 18.2 Å². The van der Waals surface area contributed by atoms with Crippen molar-refractivity contribution < 1.29 is 14.3 Å². The van der Waals surface area contributed by atoms with E-state index in [9.17, 15) is 9.59 Å². The molecule has 4 heteroatoms. The zero-order valence-corrected chi connectivity index (χ0v) is 14.2. The monoisotopic (exact) mass is 327 g/mol. The van der Waals surface area contributed by atoms with Gasteiger partial charge >= 0.3 is 5.97 Å². The minimum absolute atomic E-state index is 0.0277. The fourth-order valence-corrected chi connectivity index (χ4v) is 4.17. The molecule has 2 fully saturated rings. The van der Waals surface area contributed by atoms with Crippen molar-refractivity contribution >= 4 is 11.9 Å². The Labute approximate surface area is 143 Å². The van der Waals surface area contributed by atoms with Crippen LogP contribution in [0.2, 0.25) is 0 Å². The number of benzene rings is 1. The van der Waals surface area contributed by atoms with Gasteiger partial charge in [-0.2, -0.15) is 0 Å². The van der Waals surface area contributed by atoms with E-state index in [0.717, 1.165) is 37.2 Å². The molecule has 4 nitrogen and oxygen atoms in total. The lowest BCUT2D eigenvalue weighted by molar-refractivity contribution is -0.145. The van der Waals surface area contributed by atoms with Crippen LogP contribution in [0.4, 0.5) is 0 Å². The number of amides is 1. The number of nitrogens with zero attached hydrogens (tertiary/aromatic N) is 1. The summed E-state index contributed by atoms with van der Waals surface area (Å²) in [5, 5.41) is 0. The largest absolute Gasteiger partial charge is 0.448 e. The molecule has 2 aliphatic carbocycles. The maximum atomic E-state index is 13.2. The molecule has 0 spiro atoms.